The number of hydrogen-bond acceptors (Lipinski definition) is 4. The van der Waals surface area contributed by atoms with E-state index in [0.717, 1.165) is 38.8 Å². The molecule has 1 fully saturated rings. The van der Waals surface area contributed by atoms with Gasteiger partial charge >= 0.3 is 0 Å². The van der Waals surface area contributed by atoms with Crippen LogP contribution >= 0.6 is 11.3 Å². The van der Waals surface area contributed by atoms with Crippen LogP contribution in [0.15, 0.2) is 17.5 Å². The van der Waals surface area contributed by atoms with Gasteiger partial charge in [0.15, 0.2) is 0 Å². The highest BCUT2D eigenvalue weighted by Crippen LogP contribution is 2.29. The lowest BCUT2D eigenvalue weighted by Crippen LogP contribution is -2.31. The van der Waals surface area contributed by atoms with Crippen molar-refractivity contribution in [2.24, 2.45) is 0 Å². The predicted molar refractivity (Wildman–Crippen MR) is 81.7 cm³/mol. The molecule has 0 saturated carbocycles. The number of carbonyl (C=O) groups excluding carboxylic acids is 1. The normalized spacial score (nSPS) is 22.7. The second-order valence-electron chi connectivity index (χ2n) is 5.13. The molecule has 20 heavy (non-hydrogen) atoms. The molecule has 0 aliphatic carbocycles. The zero-order chi connectivity index (χ0) is 14.4. The second-order valence-corrected chi connectivity index (χ2v) is 6.11. The minimum Gasteiger partial charge on any atom is -0.385 e. The third-order valence-corrected chi connectivity index (χ3v) is 4.65. The number of ether oxygens (including phenoxy) is 1. The standard InChI is InChI=1S/C15H24N2O2S/c1-3-12-15(18)17(9-5-4-6-10-19-2)14(16-12)13-8-7-11-20-13/h7-8,11-12,14,16H,3-6,9-10H2,1-2H3. The molecule has 4 nitrogen and oxygen atoms in total. The van der Waals surface area contributed by atoms with Crippen LogP contribution in [0.5, 0.6) is 0 Å². The van der Waals surface area contributed by atoms with Crippen LogP contribution in [0.4, 0.5) is 0 Å². The molecule has 0 bridgehead atoms. The van der Waals surface area contributed by atoms with Crippen LogP contribution in [0, 0.1) is 0 Å². The summed E-state index contributed by atoms with van der Waals surface area (Å²) in [4.78, 5) is 15.6. The van der Waals surface area contributed by atoms with Crippen molar-refractivity contribution >= 4 is 17.2 Å². The summed E-state index contributed by atoms with van der Waals surface area (Å²) in [5.41, 5.74) is 0. The van der Waals surface area contributed by atoms with Crippen molar-refractivity contribution in [2.75, 3.05) is 20.3 Å². The van der Waals surface area contributed by atoms with E-state index in [2.05, 4.69) is 23.7 Å². The summed E-state index contributed by atoms with van der Waals surface area (Å²) in [6.45, 7) is 3.69. The second kappa shape index (κ2) is 7.76. The molecule has 1 saturated heterocycles. The first-order valence-electron chi connectivity index (χ1n) is 7.36. The number of unbranched alkanes of at least 4 members (excludes halogenated alkanes) is 2. The Morgan fingerprint density at radius 3 is 2.90 bits per heavy atom. The highest BCUT2D eigenvalue weighted by atomic mass is 32.1. The lowest BCUT2D eigenvalue weighted by molar-refractivity contribution is -0.130. The van der Waals surface area contributed by atoms with E-state index in [1.54, 1.807) is 18.4 Å². The Morgan fingerprint density at radius 2 is 2.25 bits per heavy atom. The Balaban J connectivity index is 1.93. The minimum absolute atomic E-state index is 0.0268. The maximum Gasteiger partial charge on any atom is 0.241 e. The molecular formula is C15H24N2O2S. The van der Waals surface area contributed by atoms with Gasteiger partial charge in [-0.3, -0.25) is 10.1 Å². The molecule has 1 aromatic heterocycles. The van der Waals surface area contributed by atoms with Crippen LogP contribution in [0.3, 0.4) is 0 Å². The fourth-order valence-corrected chi connectivity index (χ4v) is 3.39. The van der Waals surface area contributed by atoms with Crippen molar-refractivity contribution in [2.45, 2.75) is 44.8 Å². The van der Waals surface area contributed by atoms with Gasteiger partial charge in [-0.15, -0.1) is 11.3 Å². The molecule has 1 aliphatic heterocycles. The average Bonchev–Trinajstić information content (AvgIpc) is 3.07. The van der Waals surface area contributed by atoms with E-state index < -0.39 is 0 Å². The van der Waals surface area contributed by atoms with Gasteiger partial charge in [-0.25, -0.2) is 0 Å². The van der Waals surface area contributed by atoms with Gasteiger partial charge in [0.1, 0.15) is 6.17 Å². The number of thiophene rings is 1. The minimum atomic E-state index is -0.0268. The van der Waals surface area contributed by atoms with Crippen molar-refractivity contribution in [3.8, 4) is 0 Å². The molecule has 1 N–H and O–H groups in total. The van der Waals surface area contributed by atoms with Gasteiger partial charge in [0.2, 0.25) is 5.91 Å². The van der Waals surface area contributed by atoms with Gasteiger partial charge in [-0.05, 0) is 37.1 Å². The van der Waals surface area contributed by atoms with Crippen LogP contribution in [-0.2, 0) is 9.53 Å². The number of carbonyl (C=O) groups is 1. The molecule has 2 unspecified atom stereocenters. The van der Waals surface area contributed by atoms with Gasteiger partial charge in [-0.2, -0.15) is 0 Å². The number of hydrogen-bond donors (Lipinski definition) is 1. The van der Waals surface area contributed by atoms with E-state index in [0.29, 0.717) is 0 Å². The molecule has 2 atom stereocenters. The molecular weight excluding hydrogens is 272 g/mol. The van der Waals surface area contributed by atoms with Crippen molar-refractivity contribution in [3.05, 3.63) is 22.4 Å². The molecule has 2 heterocycles. The summed E-state index contributed by atoms with van der Waals surface area (Å²) >= 11 is 1.71. The van der Waals surface area contributed by atoms with Crippen LogP contribution in [0.25, 0.3) is 0 Å². The Bertz CT molecular complexity index is 408. The Kier molecular flexibility index (Phi) is 6.01. The summed E-state index contributed by atoms with van der Waals surface area (Å²) in [6, 6.07) is 4.12. The lowest BCUT2D eigenvalue weighted by atomic mass is 10.2. The summed E-state index contributed by atoms with van der Waals surface area (Å²) in [5.74, 6) is 0.248. The first-order valence-corrected chi connectivity index (χ1v) is 8.24. The molecule has 5 heteroatoms. The molecule has 1 aliphatic rings. The van der Waals surface area contributed by atoms with E-state index in [1.807, 2.05) is 11.0 Å². The number of methoxy groups -OCH3 is 1. The number of rotatable bonds is 8. The van der Waals surface area contributed by atoms with Gasteiger partial charge in [-0.1, -0.05) is 13.0 Å². The smallest absolute Gasteiger partial charge is 0.241 e. The van der Waals surface area contributed by atoms with E-state index in [-0.39, 0.29) is 18.1 Å². The fourth-order valence-electron chi connectivity index (χ4n) is 2.60. The highest BCUT2D eigenvalue weighted by molar-refractivity contribution is 7.10. The van der Waals surface area contributed by atoms with Crippen molar-refractivity contribution in [1.29, 1.82) is 0 Å². The van der Waals surface area contributed by atoms with E-state index in [1.165, 1.54) is 4.88 Å². The number of amides is 1. The van der Waals surface area contributed by atoms with Crippen molar-refractivity contribution in [3.63, 3.8) is 0 Å². The van der Waals surface area contributed by atoms with Gasteiger partial charge in [0.25, 0.3) is 0 Å². The maximum atomic E-state index is 12.4. The first-order chi connectivity index (χ1) is 9.77. The fraction of sp³-hybridized carbons (Fsp3) is 0.667. The van der Waals surface area contributed by atoms with E-state index in [4.69, 9.17) is 4.74 Å². The predicted octanol–water partition coefficient (Wildman–Crippen LogP) is 2.77. The average molecular weight is 296 g/mol. The van der Waals surface area contributed by atoms with Gasteiger partial charge in [0, 0.05) is 25.1 Å². The van der Waals surface area contributed by atoms with Crippen molar-refractivity contribution in [1.82, 2.24) is 10.2 Å². The Morgan fingerprint density at radius 1 is 1.40 bits per heavy atom. The lowest BCUT2D eigenvalue weighted by Gasteiger charge is -2.23. The van der Waals surface area contributed by atoms with Crippen LogP contribution in [0.2, 0.25) is 0 Å². The van der Waals surface area contributed by atoms with Crippen LogP contribution < -0.4 is 5.32 Å². The first kappa shape index (κ1) is 15.5. The maximum absolute atomic E-state index is 12.4. The highest BCUT2D eigenvalue weighted by Gasteiger charge is 2.38. The van der Waals surface area contributed by atoms with E-state index >= 15 is 0 Å². The third kappa shape index (κ3) is 3.59. The monoisotopic (exact) mass is 296 g/mol. The Hall–Kier alpha value is -0.910. The Labute approximate surface area is 125 Å². The molecule has 0 aromatic carbocycles. The van der Waals surface area contributed by atoms with Crippen LogP contribution in [-0.4, -0.2) is 37.1 Å². The summed E-state index contributed by atoms with van der Waals surface area (Å²) in [6.07, 6.45) is 4.11. The third-order valence-electron chi connectivity index (χ3n) is 3.72. The molecule has 112 valence electrons. The summed E-state index contributed by atoms with van der Waals surface area (Å²) < 4.78 is 5.06. The molecule has 2 rings (SSSR count). The number of nitrogens with zero attached hydrogens (tertiary/aromatic N) is 1. The van der Waals surface area contributed by atoms with E-state index in [9.17, 15) is 4.79 Å². The molecule has 0 radical (unpaired) electrons. The quantitative estimate of drug-likeness (QED) is 0.750. The largest absolute Gasteiger partial charge is 0.385 e. The summed E-state index contributed by atoms with van der Waals surface area (Å²) in [5, 5.41) is 5.52. The van der Waals surface area contributed by atoms with Gasteiger partial charge < -0.3 is 9.64 Å². The zero-order valence-corrected chi connectivity index (χ0v) is 13.1. The topological polar surface area (TPSA) is 41.6 Å². The van der Waals surface area contributed by atoms with Gasteiger partial charge in [0.05, 0.1) is 6.04 Å². The van der Waals surface area contributed by atoms with Crippen LogP contribution in [0.1, 0.15) is 43.6 Å². The van der Waals surface area contributed by atoms with Crippen molar-refractivity contribution < 1.29 is 9.53 Å². The SMILES string of the molecule is CCC1NC(c2cccs2)N(CCCCCOC)C1=O. The molecule has 1 amide bonds. The summed E-state index contributed by atoms with van der Waals surface area (Å²) in [7, 11) is 1.73. The molecule has 0 spiro atoms. The number of nitrogens with one attached hydrogen (secondary N) is 1. The molecule has 1 aromatic rings. The zero-order valence-electron chi connectivity index (χ0n) is 12.3.